The van der Waals surface area contributed by atoms with Crippen molar-refractivity contribution in [2.75, 3.05) is 0 Å². The molecule has 50 valence electrons. The van der Waals surface area contributed by atoms with Crippen molar-refractivity contribution in [2.24, 2.45) is 4.99 Å². The van der Waals surface area contributed by atoms with Gasteiger partial charge in [-0.1, -0.05) is 0 Å². The van der Waals surface area contributed by atoms with Gasteiger partial charge in [0.05, 0.1) is 0 Å². The number of allylic oxidation sites excluding steroid dienone is 1. The smallest absolute Gasteiger partial charge is 0.0311 e. The first-order chi connectivity index (χ1) is 4.16. The summed E-state index contributed by atoms with van der Waals surface area (Å²) in [5, 5.41) is 6.79. The first-order valence-corrected chi connectivity index (χ1v) is 2.85. The van der Waals surface area contributed by atoms with E-state index in [-0.39, 0.29) is 0 Å². The maximum Gasteiger partial charge on any atom is 0.0311 e. The van der Waals surface area contributed by atoms with E-state index in [0.717, 1.165) is 11.3 Å². The second-order valence-corrected chi connectivity index (χ2v) is 2.09. The van der Waals surface area contributed by atoms with Gasteiger partial charge < -0.3 is 5.41 Å². The van der Waals surface area contributed by atoms with Crippen LogP contribution in [0.25, 0.3) is 0 Å². The van der Waals surface area contributed by atoms with E-state index >= 15 is 0 Å². The van der Waals surface area contributed by atoms with Crippen molar-refractivity contribution in [3.8, 4) is 0 Å². The summed E-state index contributed by atoms with van der Waals surface area (Å²) in [6.45, 7) is 5.70. The molecule has 0 aromatic carbocycles. The first kappa shape index (κ1) is 8.08. The summed E-state index contributed by atoms with van der Waals surface area (Å²) in [7, 11) is 0. The van der Waals surface area contributed by atoms with Crippen LogP contribution < -0.4 is 0 Å². The van der Waals surface area contributed by atoms with Crippen molar-refractivity contribution in [1.82, 2.24) is 0 Å². The summed E-state index contributed by atoms with van der Waals surface area (Å²) in [6, 6.07) is 0. The molecule has 2 heteroatoms. The normalized spacial score (nSPS) is 10.8. The summed E-state index contributed by atoms with van der Waals surface area (Å²) in [5.41, 5.74) is 1.88. The Morgan fingerprint density at radius 3 is 2.22 bits per heavy atom. The number of rotatable bonds is 2. The fourth-order valence-corrected chi connectivity index (χ4v) is 0.268. The van der Waals surface area contributed by atoms with Gasteiger partial charge in [-0.15, -0.1) is 0 Å². The quantitative estimate of drug-likeness (QED) is 0.547. The van der Waals surface area contributed by atoms with Crippen molar-refractivity contribution in [2.45, 2.75) is 20.8 Å². The van der Waals surface area contributed by atoms with Crippen LogP contribution in [-0.4, -0.2) is 11.9 Å². The number of hydrogen-bond acceptors (Lipinski definition) is 2. The second kappa shape index (κ2) is 4.01. The van der Waals surface area contributed by atoms with Crippen molar-refractivity contribution in [3.63, 3.8) is 0 Å². The van der Waals surface area contributed by atoms with Crippen LogP contribution in [0.5, 0.6) is 0 Å². The Labute approximate surface area is 55.8 Å². The van der Waals surface area contributed by atoms with Crippen LogP contribution in [0.3, 0.4) is 0 Å². The lowest BCUT2D eigenvalue weighted by atomic mass is 10.4. The van der Waals surface area contributed by atoms with Crippen molar-refractivity contribution < 1.29 is 0 Å². The van der Waals surface area contributed by atoms with Gasteiger partial charge in [-0.3, -0.25) is 4.99 Å². The topological polar surface area (TPSA) is 36.2 Å². The van der Waals surface area contributed by atoms with Gasteiger partial charge in [0.25, 0.3) is 0 Å². The van der Waals surface area contributed by atoms with Gasteiger partial charge in [0, 0.05) is 18.1 Å². The second-order valence-electron chi connectivity index (χ2n) is 2.09. The van der Waals surface area contributed by atoms with E-state index in [0.29, 0.717) is 0 Å². The summed E-state index contributed by atoms with van der Waals surface area (Å²) in [5.74, 6) is 0. The largest absolute Gasteiger partial charge is 0.308 e. The number of nitrogens with one attached hydrogen (secondary N) is 1. The molecule has 0 aliphatic heterocycles. The Kier molecular flexibility index (Phi) is 3.60. The molecule has 9 heavy (non-hydrogen) atoms. The summed E-state index contributed by atoms with van der Waals surface area (Å²) < 4.78 is 0. The van der Waals surface area contributed by atoms with Gasteiger partial charge in [-0.25, -0.2) is 0 Å². The van der Waals surface area contributed by atoms with E-state index in [4.69, 9.17) is 5.41 Å². The average molecular weight is 124 g/mol. The standard InChI is InChI=1S/C7H12N2/c1-6(2)9-5-7(3)4-8/h4-5,8H,1-3H3/b7-5-,8-4?. The fourth-order valence-electron chi connectivity index (χ4n) is 0.268. The zero-order chi connectivity index (χ0) is 7.28. The molecule has 0 aliphatic rings. The third-order valence-corrected chi connectivity index (χ3v) is 0.754. The highest BCUT2D eigenvalue weighted by molar-refractivity contribution is 5.81. The molecule has 0 amide bonds. The molecule has 0 saturated carbocycles. The Morgan fingerprint density at radius 1 is 1.33 bits per heavy atom. The van der Waals surface area contributed by atoms with Gasteiger partial charge in [0.1, 0.15) is 0 Å². The van der Waals surface area contributed by atoms with Crippen molar-refractivity contribution in [3.05, 3.63) is 11.8 Å². The Hall–Kier alpha value is -0.920. The first-order valence-electron chi connectivity index (χ1n) is 2.85. The molecule has 0 radical (unpaired) electrons. The van der Waals surface area contributed by atoms with Crippen LogP contribution in [0.1, 0.15) is 20.8 Å². The highest BCUT2D eigenvalue weighted by atomic mass is 14.7. The van der Waals surface area contributed by atoms with E-state index in [1.54, 1.807) is 6.20 Å². The molecular weight excluding hydrogens is 112 g/mol. The predicted molar refractivity (Wildman–Crippen MR) is 41.3 cm³/mol. The molecule has 0 aromatic rings. The van der Waals surface area contributed by atoms with E-state index < -0.39 is 0 Å². The third kappa shape index (κ3) is 4.94. The van der Waals surface area contributed by atoms with Gasteiger partial charge in [-0.05, 0) is 26.3 Å². The fraction of sp³-hybridized carbons (Fsp3) is 0.429. The zero-order valence-electron chi connectivity index (χ0n) is 6.10. The van der Waals surface area contributed by atoms with Crippen LogP contribution in [0, 0.1) is 5.41 Å². The lowest BCUT2D eigenvalue weighted by Gasteiger charge is -1.85. The Bertz CT molecular complexity index is 150. The highest BCUT2D eigenvalue weighted by Gasteiger charge is 1.76. The molecule has 2 nitrogen and oxygen atoms in total. The molecule has 0 atom stereocenters. The SMILES string of the molecule is CC(C)=N/C=C(/C)C=N. The lowest BCUT2D eigenvalue weighted by molar-refractivity contribution is 1.42. The van der Waals surface area contributed by atoms with Gasteiger partial charge >= 0.3 is 0 Å². The Balaban J connectivity index is 3.98. The minimum atomic E-state index is 0.871. The molecule has 1 N–H and O–H groups in total. The van der Waals surface area contributed by atoms with Gasteiger partial charge in [0.15, 0.2) is 0 Å². The molecule has 0 aromatic heterocycles. The van der Waals surface area contributed by atoms with Crippen LogP contribution in [-0.2, 0) is 0 Å². The van der Waals surface area contributed by atoms with Gasteiger partial charge in [-0.2, -0.15) is 0 Å². The molecule has 0 spiro atoms. The van der Waals surface area contributed by atoms with Crippen LogP contribution in [0.4, 0.5) is 0 Å². The number of nitrogens with zero attached hydrogens (tertiary/aromatic N) is 1. The summed E-state index contributed by atoms with van der Waals surface area (Å²) in [4.78, 5) is 4.00. The summed E-state index contributed by atoms with van der Waals surface area (Å²) in [6.07, 6.45) is 2.97. The average Bonchev–Trinajstić information content (AvgIpc) is 1.83. The predicted octanol–water partition coefficient (Wildman–Crippen LogP) is 2.02. The Morgan fingerprint density at radius 2 is 1.89 bits per heavy atom. The highest BCUT2D eigenvalue weighted by Crippen LogP contribution is 1.87. The monoisotopic (exact) mass is 124 g/mol. The van der Waals surface area contributed by atoms with Crippen LogP contribution in [0.15, 0.2) is 16.8 Å². The molecular formula is C7H12N2. The van der Waals surface area contributed by atoms with Crippen LogP contribution in [0.2, 0.25) is 0 Å². The molecule has 0 aliphatic carbocycles. The minimum absolute atomic E-state index is 0.871. The number of hydrogen-bond donors (Lipinski definition) is 1. The molecule has 0 rings (SSSR count). The van der Waals surface area contributed by atoms with Crippen molar-refractivity contribution in [1.29, 1.82) is 5.41 Å². The van der Waals surface area contributed by atoms with Crippen molar-refractivity contribution >= 4 is 11.9 Å². The lowest BCUT2D eigenvalue weighted by Crippen LogP contribution is -1.78. The molecule has 0 heterocycles. The van der Waals surface area contributed by atoms with E-state index in [9.17, 15) is 0 Å². The van der Waals surface area contributed by atoms with E-state index in [1.165, 1.54) is 6.21 Å². The third-order valence-electron chi connectivity index (χ3n) is 0.754. The van der Waals surface area contributed by atoms with Crippen LogP contribution >= 0.6 is 0 Å². The maximum atomic E-state index is 6.79. The minimum Gasteiger partial charge on any atom is -0.308 e. The molecule has 0 unspecified atom stereocenters. The van der Waals surface area contributed by atoms with Gasteiger partial charge in [0.2, 0.25) is 0 Å². The zero-order valence-corrected chi connectivity index (χ0v) is 6.10. The number of aliphatic imine (C=N–C) groups is 1. The molecule has 0 saturated heterocycles. The summed E-state index contributed by atoms with van der Waals surface area (Å²) >= 11 is 0. The van der Waals surface area contributed by atoms with E-state index in [1.807, 2.05) is 20.8 Å². The molecule has 0 bridgehead atoms. The maximum absolute atomic E-state index is 6.79. The van der Waals surface area contributed by atoms with E-state index in [2.05, 4.69) is 4.99 Å². The molecule has 0 fully saturated rings.